The molecule has 0 amide bonds. The van der Waals surface area contributed by atoms with Crippen molar-refractivity contribution in [3.05, 3.63) is 22.8 Å². The molecule has 1 fully saturated rings. The lowest BCUT2D eigenvalue weighted by molar-refractivity contribution is 0.223. The zero-order chi connectivity index (χ0) is 12.1. The Bertz CT molecular complexity index is 333. The number of hydrogen-bond donors (Lipinski definition) is 1. The number of halogens is 1. The predicted molar refractivity (Wildman–Crippen MR) is 75.3 cm³/mol. The van der Waals surface area contributed by atoms with E-state index in [0.717, 1.165) is 16.8 Å². The zero-order valence-electron chi connectivity index (χ0n) is 10.3. The van der Waals surface area contributed by atoms with Crippen molar-refractivity contribution in [1.82, 2.24) is 9.88 Å². The van der Waals surface area contributed by atoms with E-state index in [4.69, 9.17) is 0 Å². The number of aromatic nitrogens is 1. The lowest BCUT2D eigenvalue weighted by Crippen LogP contribution is -2.38. The van der Waals surface area contributed by atoms with Gasteiger partial charge in [0.1, 0.15) is 5.82 Å². The Morgan fingerprint density at radius 1 is 1.35 bits per heavy atom. The van der Waals surface area contributed by atoms with Crippen LogP contribution in [0.5, 0.6) is 0 Å². The lowest BCUT2D eigenvalue weighted by Gasteiger charge is -2.29. The maximum absolute atomic E-state index is 4.33. The van der Waals surface area contributed by atoms with Gasteiger partial charge in [-0.05, 0) is 60.9 Å². The van der Waals surface area contributed by atoms with Crippen molar-refractivity contribution >= 4 is 21.7 Å². The monoisotopic (exact) mass is 297 g/mol. The van der Waals surface area contributed by atoms with Crippen molar-refractivity contribution in [1.29, 1.82) is 0 Å². The molecule has 1 aromatic heterocycles. The second-order valence-electron chi connectivity index (χ2n) is 4.77. The van der Waals surface area contributed by atoms with Gasteiger partial charge in [0.2, 0.25) is 0 Å². The number of nitrogens with one attached hydrogen (secondary N) is 1. The Morgan fingerprint density at radius 3 is 2.76 bits per heavy atom. The fraction of sp³-hybridized carbons (Fsp3) is 0.615. The maximum Gasteiger partial charge on any atom is 0.126 e. The van der Waals surface area contributed by atoms with Crippen LogP contribution in [0.1, 0.15) is 26.2 Å². The first-order valence-corrected chi connectivity index (χ1v) is 7.14. The summed E-state index contributed by atoms with van der Waals surface area (Å²) in [6.07, 6.45) is 5.93. The second kappa shape index (κ2) is 6.36. The minimum absolute atomic E-state index is 0.446. The number of hydrogen-bond acceptors (Lipinski definition) is 3. The molecule has 1 unspecified atom stereocenters. The predicted octanol–water partition coefficient (Wildman–Crippen LogP) is 3.13. The number of anilines is 1. The van der Waals surface area contributed by atoms with Crippen molar-refractivity contribution in [3.63, 3.8) is 0 Å². The minimum Gasteiger partial charge on any atom is -0.366 e. The number of nitrogens with zero attached hydrogens (tertiary/aromatic N) is 2. The third-order valence-corrected chi connectivity index (χ3v) is 3.57. The molecule has 2 rings (SSSR count). The summed E-state index contributed by atoms with van der Waals surface area (Å²) in [6.45, 7) is 5.83. The molecule has 0 saturated carbocycles. The van der Waals surface area contributed by atoms with E-state index >= 15 is 0 Å². The van der Waals surface area contributed by atoms with Crippen LogP contribution in [0.4, 0.5) is 5.82 Å². The second-order valence-corrected chi connectivity index (χ2v) is 5.68. The molecule has 4 heteroatoms. The van der Waals surface area contributed by atoms with E-state index in [2.05, 4.69) is 38.1 Å². The molecule has 0 radical (unpaired) electrons. The molecular weight excluding hydrogens is 278 g/mol. The Labute approximate surface area is 112 Å². The lowest BCUT2D eigenvalue weighted by atomic mass is 10.1. The molecule has 2 heterocycles. The Morgan fingerprint density at radius 2 is 2.12 bits per heavy atom. The van der Waals surface area contributed by atoms with E-state index in [1.165, 1.54) is 32.4 Å². The summed E-state index contributed by atoms with van der Waals surface area (Å²) in [5.74, 6) is 0.956. The molecule has 1 aromatic rings. The van der Waals surface area contributed by atoms with Crippen molar-refractivity contribution < 1.29 is 0 Å². The minimum atomic E-state index is 0.446. The van der Waals surface area contributed by atoms with E-state index < -0.39 is 0 Å². The summed E-state index contributed by atoms with van der Waals surface area (Å²) in [7, 11) is 0. The largest absolute Gasteiger partial charge is 0.366 e. The summed E-state index contributed by atoms with van der Waals surface area (Å²) in [4.78, 5) is 6.88. The molecule has 0 spiro atoms. The van der Waals surface area contributed by atoms with E-state index in [1.807, 2.05) is 18.3 Å². The van der Waals surface area contributed by atoms with Gasteiger partial charge in [0.25, 0.3) is 0 Å². The van der Waals surface area contributed by atoms with E-state index in [1.54, 1.807) is 0 Å². The van der Waals surface area contributed by atoms with Crippen molar-refractivity contribution in [2.24, 2.45) is 0 Å². The third kappa shape index (κ3) is 4.28. The Hall–Kier alpha value is -0.610. The van der Waals surface area contributed by atoms with Gasteiger partial charge in [-0.1, -0.05) is 6.42 Å². The van der Waals surface area contributed by atoms with Gasteiger partial charge in [-0.3, -0.25) is 0 Å². The van der Waals surface area contributed by atoms with Crippen LogP contribution < -0.4 is 5.32 Å². The first-order chi connectivity index (χ1) is 8.24. The molecule has 1 N–H and O–H groups in total. The van der Waals surface area contributed by atoms with E-state index in [9.17, 15) is 0 Å². The zero-order valence-corrected chi connectivity index (χ0v) is 11.9. The number of likely N-dealkylation sites (tertiary alicyclic amines) is 1. The van der Waals surface area contributed by atoms with Crippen LogP contribution in [0.2, 0.25) is 0 Å². The molecule has 94 valence electrons. The van der Waals surface area contributed by atoms with Gasteiger partial charge in [-0.25, -0.2) is 4.98 Å². The van der Waals surface area contributed by atoms with Gasteiger partial charge >= 0.3 is 0 Å². The topological polar surface area (TPSA) is 28.2 Å². The average Bonchev–Trinajstić information content (AvgIpc) is 2.33. The van der Waals surface area contributed by atoms with Gasteiger partial charge in [0, 0.05) is 23.3 Å². The molecule has 0 bridgehead atoms. The van der Waals surface area contributed by atoms with Gasteiger partial charge in [0.15, 0.2) is 0 Å². The van der Waals surface area contributed by atoms with Crippen LogP contribution in [0.25, 0.3) is 0 Å². The Kier molecular flexibility index (Phi) is 4.80. The van der Waals surface area contributed by atoms with E-state index in [-0.39, 0.29) is 0 Å². The third-order valence-electron chi connectivity index (χ3n) is 3.10. The van der Waals surface area contributed by atoms with Crippen molar-refractivity contribution in [2.45, 2.75) is 32.2 Å². The van der Waals surface area contributed by atoms with Crippen LogP contribution in [0, 0.1) is 0 Å². The fourth-order valence-electron chi connectivity index (χ4n) is 2.29. The highest BCUT2D eigenvalue weighted by atomic mass is 79.9. The van der Waals surface area contributed by atoms with Crippen LogP contribution >= 0.6 is 15.9 Å². The van der Waals surface area contributed by atoms with Crippen molar-refractivity contribution in [2.75, 3.05) is 25.0 Å². The highest BCUT2D eigenvalue weighted by Gasteiger charge is 2.13. The molecule has 1 aliphatic rings. The van der Waals surface area contributed by atoms with Crippen LogP contribution in [-0.4, -0.2) is 35.6 Å². The van der Waals surface area contributed by atoms with Crippen molar-refractivity contribution in [3.8, 4) is 0 Å². The normalized spacial score (nSPS) is 18.9. The quantitative estimate of drug-likeness (QED) is 0.925. The average molecular weight is 298 g/mol. The molecule has 0 aliphatic carbocycles. The number of rotatable bonds is 4. The summed E-state index contributed by atoms with van der Waals surface area (Å²) >= 11 is 3.39. The molecule has 1 aliphatic heterocycles. The van der Waals surface area contributed by atoms with Gasteiger partial charge in [-0.15, -0.1) is 0 Å². The molecule has 3 nitrogen and oxygen atoms in total. The van der Waals surface area contributed by atoms with E-state index in [0.29, 0.717) is 6.04 Å². The first-order valence-electron chi connectivity index (χ1n) is 6.34. The first kappa shape index (κ1) is 12.8. The summed E-state index contributed by atoms with van der Waals surface area (Å²) in [5.41, 5.74) is 0. The Balaban J connectivity index is 1.79. The fourth-order valence-corrected chi connectivity index (χ4v) is 2.52. The molecule has 1 saturated heterocycles. The highest BCUT2D eigenvalue weighted by molar-refractivity contribution is 9.10. The molecule has 0 aromatic carbocycles. The van der Waals surface area contributed by atoms with Crippen LogP contribution in [0.3, 0.4) is 0 Å². The van der Waals surface area contributed by atoms with Gasteiger partial charge in [0.05, 0.1) is 0 Å². The molecular formula is C13H20BrN3. The number of pyridine rings is 1. The summed E-state index contributed by atoms with van der Waals surface area (Å²) in [5, 5.41) is 3.44. The maximum atomic E-state index is 4.33. The SMILES string of the molecule is CC(CN1CCCCC1)Nc1ccc(Br)cn1. The molecule has 17 heavy (non-hydrogen) atoms. The number of piperidine rings is 1. The van der Waals surface area contributed by atoms with Gasteiger partial charge in [-0.2, -0.15) is 0 Å². The summed E-state index contributed by atoms with van der Waals surface area (Å²) in [6, 6.07) is 4.47. The van der Waals surface area contributed by atoms with Gasteiger partial charge < -0.3 is 10.2 Å². The van der Waals surface area contributed by atoms with Crippen LogP contribution in [-0.2, 0) is 0 Å². The van der Waals surface area contributed by atoms with Crippen LogP contribution in [0.15, 0.2) is 22.8 Å². The highest BCUT2D eigenvalue weighted by Crippen LogP contribution is 2.13. The summed E-state index contributed by atoms with van der Waals surface area (Å²) < 4.78 is 1.02. The standard InChI is InChI=1S/C13H20BrN3/c1-11(10-17-7-3-2-4-8-17)16-13-6-5-12(14)9-15-13/h5-6,9,11H,2-4,7-8,10H2,1H3,(H,15,16). The molecule has 1 atom stereocenters. The smallest absolute Gasteiger partial charge is 0.126 e.